The molecule has 1 unspecified atom stereocenters. The van der Waals surface area contributed by atoms with Gasteiger partial charge in [0.1, 0.15) is 0 Å². The van der Waals surface area contributed by atoms with Gasteiger partial charge in [-0.25, -0.2) is 13.2 Å². The predicted molar refractivity (Wildman–Crippen MR) is 148 cm³/mol. The molecule has 2 aromatic rings. The first-order chi connectivity index (χ1) is 17.9. The number of benzene rings is 2. The Kier molecular flexibility index (Phi) is 8.57. The molecule has 0 aromatic heterocycles. The molecule has 1 aliphatic carbocycles. The standard InChI is InChI=1S/C27H27ClN2O4S.C2H6/c1-34-27(31)23-6-2-3-7-24(23)35(32,33)30-15-12-18(13-16-30)25-22-11-10-21(28)17-20(22)9-8-19-5-4-14-29-26(19)25;1-2/h2-7,10-11,14,17,26,29H,8-9,12-13,15-16H2,1H3;1-2H3. The second-order valence-electron chi connectivity index (χ2n) is 8.91. The minimum absolute atomic E-state index is 0.0123. The van der Waals surface area contributed by atoms with Gasteiger partial charge in [0.05, 0.1) is 23.6 Å². The molecule has 2 aromatic carbocycles. The number of hydrogen-bond donors (Lipinski definition) is 1. The number of halogens is 1. The number of sulfonamides is 1. The van der Waals surface area contributed by atoms with E-state index in [-0.39, 0.29) is 16.5 Å². The number of hydrogen-bond acceptors (Lipinski definition) is 5. The molecule has 8 heteroatoms. The molecule has 196 valence electrons. The molecule has 3 aliphatic rings. The number of esters is 1. The molecule has 0 bridgehead atoms. The second kappa shape index (κ2) is 11.7. The molecule has 37 heavy (non-hydrogen) atoms. The Morgan fingerprint density at radius 2 is 1.78 bits per heavy atom. The van der Waals surface area contributed by atoms with Crippen molar-refractivity contribution >= 4 is 33.2 Å². The van der Waals surface area contributed by atoms with E-state index < -0.39 is 16.0 Å². The predicted octanol–water partition coefficient (Wildman–Crippen LogP) is 5.75. The van der Waals surface area contributed by atoms with Gasteiger partial charge >= 0.3 is 5.97 Å². The van der Waals surface area contributed by atoms with Crippen molar-refractivity contribution in [3.63, 3.8) is 0 Å². The Morgan fingerprint density at radius 1 is 1.05 bits per heavy atom. The van der Waals surface area contributed by atoms with E-state index in [0.717, 1.165) is 17.9 Å². The topological polar surface area (TPSA) is 75.7 Å². The summed E-state index contributed by atoms with van der Waals surface area (Å²) >= 11 is 6.32. The molecule has 1 N–H and O–H groups in total. The van der Waals surface area contributed by atoms with Gasteiger partial charge in [0.25, 0.3) is 0 Å². The lowest BCUT2D eigenvalue weighted by molar-refractivity contribution is 0.0596. The number of ether oxygens (including phenoxy) is 1. The van der Waals surface area contributed by atoms with Gasteiger partial charge in [-0.2, -0.15) is 4.31 Å². The highest BCUT2D eigenvalue weighted by Crippen LogP contribution is 2.40. The lowest BCUT2D eigenvalue weighted by atomic mass is 9.85. The molecular weight excluding hydrogens is 508 g/mol. The molecule has 1 fully saturated rings. The van der Waals surface area contributed by atoms with Crippen LogP contribution in [-0.2, 0) is 21.2 Å². The largest absolute Gasteiger partial charge is 0.465 e. The summed E-state index contributed by atoms with van der Waals surface area (Å²) < 4.78 is 33.3. The van der Waals surface area contributed by atoms with Crippen LogP contribution in [0.1, 0.15) is 54.6 Å². The summed E-state index contributed by atoms with van der Waals surface area (Å²) in [7, 11) is -2.59. The third-order valence-electron chi connectivity index (χ3n) is 6.99. The van der Waals surface area contributed by atoms with Gasteiger partial charge < -0.3 is 10.1 Å². The van der Waals surface area contributed by atoms with Crippen molar-refractivity contribution < 1.29 is 17.9 Å². The van der Waals surface area contributed by atoms with E-state index in [0.29, 0.717) is 25.9 Å². The Balaban J connectivity index is 0.00000156. The fourth-order valence-electron chi connectivity index (χ4n) is 5.26. The number of aryl methyl sites for hydroxylation is 1. The number of carbonyl (C=O) groups is 1. The highest BCUT2D eigenvalue weighted by molar-refractivity contribution is 7.89. The monoisotopic (exact) mass is 540 g/mol. The van der Waals surface area contributed by atoms with Crippen LogP contribution in [0.15, 0.2) is 76.9 Å². The number of fused-ring (bicyclic) bond motifs is 2. The number of nitrogens with zero attached hydrogens (tertiary/aromatic N) is 1. The molecule has 0 radical (unpaired) electrons. The fraction of sp³-hybridized carbons (Fsp3) is 0.345. The minimum Gasteiger partial charge on any atom is -0.465 e. The van der Waals surface area contributed by atoms with Crippen LogP contribution >= 0.6 is 11.6 Å². The summed E-state index contributed by atoms with van der Waals surface area (Å²) in [5.74, 6) is -0.659. The molecule has 1 saturated heterocycles. The minimum atomic E-state index is -3.84. The van der Waals surface area contributed by atoms with E-state index in [2.05, 4.69) is 17.5 Å². The summed E-state index contributed by atoms with van der Waals surface area (Å²) in [5, 5.41) is 4.26. The van der Waals surface area contributed by atoms with E-state index in [9.17, 15) is 13.2 Å². The number of allylic oxidation sites excluding steroid dienone is 2. The van der Waals surface area contributed by atoms with Crippen molar-refractivity contribution in [2.24, 2.45) is 0 Å². The van der Waals surface area contributed by atoms with Crippen LogP contribution < -0.4 is 5.32 Å². The molecular formula is C29H33ClN2O4S. The molecule has 1 atom stereocenters. The highest BCUT2D eigenvalue weighted by atomic mass is 35.5. The molecule has 0 saturated carbocycles. The van der Waals surface area contributed by atoms with Gasteiger partial charge in [-0.1, -0.05) is 55.3 Å². The van der Waals surface area contributed by atoms with E-state index in [1.165, 1.54) is 51.4 Å². The quantitative estimate of drug-likeness (QED) is 0.502. The fourth-order valence-corrected chi connectivity index (χ4v) is 7.08. The normalized spacial score (nSPS) is 19.4. The van der Waals surface area contributed by atoms with E-state index in [1.54, 1.807) is 12.1 Å². The van der Waals surface area contributed by atoms with Crippen molar-refractivity contribution in [1.82, 2.24) is 9.62 Å². The second-order valence-corrected chi connectivity index (χ2v) is 11.3. The van der Waals surface area contributed by atoms with Crippen LogP contribution in [0.25, 0.3) is 5.57 Å². The van der Waals surface area contributed by atoms with E-state index in [1.807, 2.05) is 38.3 Å². The third-order valence-corrected chi connectivity index (χ3v) is 9.18. The van der Waals surface area contributed by atoms with Crippen molar-refractivity contribution in [3.05, 3.63) is 93.7 Å². The van der Waals surface area contributed by atoms with Crippen molar-refractivity contribution in [2.45, 2.75) is 50.5 Å². The number of nitrogens with one attached hydrogen (secondary N) is 1. The summed E-state index contributed by atoms with van der Waals surface area (Å²) in [4.78, 5) is 12.2. The molecule has 5 rings (SSSR count). The van der Waals surface area contributed by atoms with Crippen molar-refractivity contribution in [2.75, 3.05) is 20.2 Å². The number of methoxy groups -OCH3 is 1. The Bertz CT molecular complexity index is 1370. The van der Waals surface area contributed by atoms with E-state index >= 15 is 0 Å². The summed E-state index contributed by atoms with van der Waals surface area (Å²) in [6.07, 6.45) is 9.27. The van der Waals surface area contributed by atoms with Gasteiger partial charge in [-0.15, -0.1) is 0 Å². The summed E-state index contributed by atoms with van der Waals surface area (Å²) in [5.41, 5.74) is 6.27. The maximum absolute atomic E-state index is 13.5. The van der Waals surface area contributed by atoms with Gasteiger partial charge in [-0.3, -0.25) is 0 Å². The first-order valence-electron chi connectivity index (χ1n) is 12.7. The van der Waals surface area contributed by atoms with Gasteiger partial charge in [0.2, 0.25) is 10.0 Å². The molecule has 2 aliphatic heterocycles. The van der Waals surface area contributed by atoms with Crippen LogP contribution in [-0.4, -0.2) is 44.9 Å². The number of piperidine rings is 1. The summed E-state index contributed by atoms with van der Waals surface area (Å²) in [6.45, 7) is 4.70. The molecule has 0 spiro atoms. The first-order valence-corrected chi connectivity index (χ1v) is 14.5. The van der Waals surface area contributed by atoms with Crippen LogP contribution in [0.2, 0.25) is 5.02 Å². The zero-order chi connectivity index (χ0) is 26.6. The molecule has 0 amide bonds. The van der Waals surface area contributed by atoms with E-state index in [4.69, 9.17) is 16.3 Å². The lowest BCUT2D eigenvalue weighted by Crippen LogP contribution is -2.38. The SMILES string of the molecule is CC.COC(=O)c1ccccc1S(=O)(=O)N1CCC(=C2c3ccc(Cl)cc3CCC3=CC=CNC32)CC1. The van der Waals surface area contributed by atoms with Crippen LogP contribution in [0.3, 0.4) is 0 Å². The van der Waals surface area contributed by atoms with Gasteiger partial charge in [-0.05, 0) is 84.5 Å². The Morgan fingerprint density at radius 3 is 2.51 bits per heavy atom. The number of rotatable bonds is 3. The zero-order valence-electron chi connectivity index (χ0n) is 21.5. The third kappa shape index (κ3) is 5.40. The van der Waals surface area contributed by atoms with Crippen LogP contribution in [0.4, 0.5) is 0 Å². The van der Waals surface area contributed by atoms with Crippen LogP contribution in [0, 0.1) is 0 Å². The lowest BCUT2D eigenvalue weighted by Gasteiger charge is -2.33. The highest BCUT2D eigenvalue weighted by Gasteiger charge is 2.34. The number of carbonyl (C=O) groups excluding carboxylic acids is 1. The number of dihydropyridines is 1. The maximum atomic E-state index is 13.5. The molecule has 2 heterocycles. The van der Waals surface area contributed by atoms with Gasteiger partial charge in [0, 0.05) is 18.1 Å². The van der Waals surface area contributed by atoms with Gasteiger partial charge in [0.15, 0.2) is 0 Å². The zero-order valence-corrected chi connectivity index (χ0v) is 23.0. The van der Waals surface area contributed by atoms with Crippen molar-refractivity contribution in [1.29, 1.82) is 0 Å². The Hall–Kier alpha value is -2.87. The average molecular weight is 541 g/mol. The summed E-state index contributed by atoms with van der Waals surface area (Å²) in [6, 6.07) is 12.4. The smallest absolute Gasteiger partial charge is 0.339 e. The Labute approximate surface area is 224 Å². The molecule has 6 nitrogen and oxygen atoms in total. The maximum Gasteiger partial charge on any atom is 0.339 e. The first kappa shape index (κ1) is 27.2. The average Bonchev–Trinajstić information content (AvgIpc) is 3.10. The van der Waals surface area contributed by atoms with Crippen LogP contribution in [0.5, 0.6) is 0 Å². The van der Waals surface area contributed by atoms with Crippen molar-refractivity contribution in [3.8, 4) is 0 Å².